The summed E-state index contributed by atoms with van der Waals surface area (Å²) in [6, 6.07) is 0. The van der Waals surface area contributed by atoms with Crippen LogP contribution in [0.15, 0.2) is 0 Å². The van der Waals surface area contributed by atoms with Crippen LogP contribution >= 0.6 is 0 Å². The number of rotatable bonds is 6. The Kier molecular flexibility index (Phi) is 5.77. The van der Waals surface area contributed by atoms with Gasteiger partial charge >= 0.3 is 0 Å². The minimum absolute atomic E-state index is 0.702. The van der Waals surface area contributed by atoms with Crippen LogP contribution in [0.1, 0.15) is 13.8 Å². The molecule has 1 amide bonds. The summed E-state index contributed by atoms with van der Waals surface area (Å²) in [7, 11) is 2.01. The van der Waals surface area contributed by atoms with Gasteiger partial charge < -0.3 is 10.2 Å². The number of nitrogens with zero attached hydrogens (tertiary/aromatic N) is 2. The molecule has 1 atom stereocenters. The summed E-state index contributed by atoms with van der Waals surface area (Å²) in [5, 5.41) is 3.27. The molecule has 0 aromatic rings. The van der Waals surface area contributed by atoms with Crippen molar-refractivity contribution in [1.29, 1.82) is 0 Å². The van der Waals surface area contributed by atoms with Crippen LogP contribution in [0.4, 0.5) is 0 Å². The summed E-state index contributed by atoms with van der Waals surface area (Å²) in [4.78, 5) is 14.9. The molecule has 1 heterocycles. The molecule has 0 spiro atoms. The summed E-state index contributed by atoms with van der Waals surface area (Å²) < 4.78 is 0. The van der Waals surface area contributed by atoms with Gasteiger partial charge in [-0.05, 0) is 25.4 Å². The van der Waals surface area contributed by atoms with Gasteiger partial charge in [0.25, 0.3) is 0 Å². The van der Waals surface area contributed by atoms with Gasteiger partial charge in [0.15, 0.2) is 0 Å². The second-order valence-electron chi connectivity index (χ2n) is 5.00. The van der Waals surface area contributed by atoms with Crippen molar-refractivity contribution in [2.75, 3.05) is 46.3 Å². The van der Waals surface area contributed by atoms with E-state index in [4.69, 9.17) is 0 Å². The number of carbonyl (C=O) groups is 1. The third-order valence-electron chi connectivity index (χ3n) is 3.46. The molecule has 4 heteroatoms. The van der Waals surface area contributed by atoms with E-state index < -0.39 is 0 Å². The second-order valence-corrected chi connectivity index (χ2v) is 5.00. The Hall–Kier alpha value is -0.610. The molecule has 1 rings (SSSR count). The molecule has 1 saturated heterocycles. The van der Waals surface area contributed by atoms with Crippen molar-refractivity contribution < 1.29 is 4.79 Å². The third-order valence-corrected chi connectivity index (χ3v) is 3.46. The second kappa shape index (κ2) is 6.86. The highest BCUT2D eigenvalue weighted by Gasteiger charge is 2.20. The number of hydrogen-bond donors (Lipinski definition) is 1. The first kappa shape index (κ1) is 13.5. The molecule has 0 aromatic heterocycles. The maximum absolute atomic E-state index is 10.6. The quantitative estimate of drug-likeness (QED) is 0.661. The lowest BCUT2D eigenvalue weighted by atomic mass is 9.95. The molecule has 1 aliphatic rings. The Morgan fingerprint density at radius 3 is 2.31 bits per heavy atom. The van der Waals surface area contributed by atoms with E-state index in [0.29, 0.717) is 11.8 Å². The average Bonchev–Trinajstić information content (AvgIpc) is 2.29. The Labute approximate surface area is 99.0 Å². The fraction of sp³-hybridized carbons (Fsp3) is 0.917. The van der Waals surface area contributed by atoms with Crippen molar-refractivity contribution in [2.45, 2.75) is 13.8 Å². The fourth-order valence-corrected chi connectivity index (χ4v) is 2.16. The zero-order chi connectivity index (χ0) is 12.0. The number of carbonyl (C=O) groups excluding carboxylic acids is 1. The first-order valence-corrected chi connectivity index (χ1v) is 6.23. The van der Waals surface area contributed by atoms with Crippen LogP contribution in [0, 0.1) is 11.8 Å². The van der Waals surface area contributed by atoms with Gasteiger partial charge in [-0.15, -0.1) is 0 Å². The van der Waals surface area contributed by atoms with E-state index in [-0.39, 0.29) is 0 Å². The lowest BCUT2D eigenvalue weighted by molar-refractivity contribution is -0.119. The molecular weight excluding hydrogens is 202 g/mol. The molecule has 94 valence electrons. The molecule has 0 aliphatic carbocycles. The van der Waals surface area contributed by atoms with Crippen molar-refractivity contribution in [3.8, 4) is 0 Å². The van der Waals surface area contributed by atoms with Crippen molar-refractivity contribution in [2.24, 2.45) is 11.8 Å². The smallest absolute Gasteiger partial charge is 0.209 e. The maximum atomic E-state index is 10.6. The SMILES string of the molecule is CNCC(CN1CCN(C=O)CC1)C(C)C. The number of amides is 1. The lowest BCUT2D eigenvalue weighted by Crippen LogP contribution is -2.48. The molecule has 1 unspecified atom stereocenters. The van der Waals surface area contributed by atoms with E-state index in [0.717, 1.165) is 45.7 Å². The van der Waals surface area contributed by atoms with Gasteiger partial charge in [-0.3, -0.25) is 9.69 Å². The predicted octanol–water partition coefficient (Wildman–Crippen LogP) is 0.252. The highest BCUT2D eigenvalue weighted by molar-refractivity contribution is 5.47. The van der Waals surface area contributed by atoms with E-state index in [9.17, 15) is 4.79 Å². The lowest BCUT2D eigenvalue weighted by Gasteiger charge is -2.35. The minimum Gasteiger partial charge on any atom is -0.343 e. The molecule has 0 bridgehead atoms. The van der Waals surface area contributed by atoms with Crippen LogP contribution in [0.2, 0.25) is 0 Å². The van der Waals surface area contributed by atoms with Crippen molar-refractivity contribution in [3.05, 3.63) is 0 Å². The summed E-state index contributed by atoms with van der Waals surface area (Å²) in [5.41, 5.74) is 0. The Bertz CT molecular complexity index is 200. The van der Waals surface area contributed by atoms with Gasteiger partial charge in [-0.2, -0.15) is 0 Å². The summed E-state index contributed by atoms with van der Waals surface area (Å²) >= 11 is 0. The molecular formula is C12H25N3O. The zero-order valence-corrected chi connectivity index (χ0v) is 10.8. The first-order valence-electron chi connectivity index (χ1n) is 6.23. The first-order chi connectivity index (χ1) is 7.67. The van der Waals surface area contributed by atoms with Crippen LogP contribution in [0.5, 0.6) is 0 Å². The van der Waals surface area contributed by atoms with Crippen LogP contribution in [-0.4, -0.2) is 62.5 Å². The van der Waals surface area contributed by atoms with Crippen LogP contribution in [0.25, 0.3) is 0 Å². The summed E-state index contributed by atoms with van der Waals surface area (Å²) in [6.45, 7) is 10.6. The average molecular weight is 227 g/mol. The normalized spacial score (nSPS) is 20.1. The zero-order valence-electron chi connectivity index (χ0n) is 10.8. The summed E-state index contributed by atoms with van der Waals surface area (Å²) in [5.74, 6) is 1.41. The van der Waals surface area contributed by atoms with E-state index in [1.54, 1.807) is 0 Å². The van der Waals surface area contributed by atoms with Gasteiger partial charge in [-0.25, -0.2) is 0 Å². The van der Waals surface area contributed by atoms with Crippen molar-refractivity contribution in [3.63, 3.8) is 0 Å². The summed E-state index contributed by atoms with van der Waals surface area (Å²) in [6.07, 6.45) is 0.963. The Morgan fingerprint density at radius 2 is 1.88 bits per heavy atom. The van der Waals surface area contributed by atoms with E-state index >= 15 is 0 Å². The van der Waals surface area contributed by atoms with Crippen LogP contribution in [-0.2, 0) is 4.79 Å². The van der Waals surface area contributed by atoms with Gasteiger partial charge in [-0.1, -0.05) is 13.8 Å². The number of nitrogens with one attached hydrogen (secondary N) is 1. The highest BCUT2D eigenvalue weighted by Crippen LogP contribution is 2.13. The van der Waals surface area contributed by atoms with Crippen molar-refractivity contribution in [1.82, 2.24) is 15.1 Å². The molecule has 1 N–H and O–H groups in total. The highest BCUT2D eigenvalue weighted by atomic mass is 16.1. The maximum Gasteiger partial charge on any atom is 0.209 e. The largest absolute Gasteiger partial charge is 0.343 e. The van der Waals surface area contributed by atoms with Crippen LogP contribution in [0.3, 0.4) is 0 Å². The number of hydrogen-bond acceptors (Lipinski definition) is 3. The van der Waals surface area contributed by atoms with Gasteiger partial charge in [0, 0.05) is 32.7 Å². The van der Waals surface area contributed by atoms with Gasteiger partial charge in [0.2, 0.25) is 6.41 Å². The topological polar surface area (TPSA) is 35.6 Å². The Morgan fingerprint density at radius 1 is 1.25 bits per heavy atom. The molecule has 1 aliphatic heterocycles. The standard InChI is InChI=1S/C12H25N3O/c1-11(2)12(8-13-3)9-14-4-6-15(10-16)7-5-14/h10-13H,4-9H2,1-3H3. The molecule has 4 nitrogen and oxygen atoms in total. The monoisotopic (exact) mass is 227 g/mol. The Balaban J connectivity index is 2.33. The molecule has 0 saturated carbocycles. The fourth-order valence-electron chi connectivity index (χ4n) is 2.16. The van der Waals surface area contributed by atoms with Crippen LogP contribution < -0.4 is 5.32 Å². The van der Waals surface area contributed by atoms with E-state index in [2.05, 4.69) is 24.1 Å². The molecule has 16 heavy (non-hydrogen) atoms. The van der Waals surface area contributed by atoms with Gasteiger partial charge in [0.05, 0.1) is 0 Å². The number of piperazine rings is 1. The predicted molar refractivity (Wildman–Crippen MR) is 66.3 cm³/mol. The van der Waals surface area contributed by atoms with E-state index in [1.807, 2.05) is 11.9 Å². The third kappa shape index (κ3) is 4.10. The molecule has 1 fully saturated rings. The van der Waals surface area contributed by atoms with Crippen molar-refractivity contribution >= 4 is 6.41 Å². The van der Waals surface area contributed by atoms with Gasteiger partial charge in [0.1, 0.15) is 0 Å². The molecule has 0 radical (unpaired) electrons. The molecule has 0 aromatic carbocycles. The van der Waals surface area contributed by atoms with E-state index in [1.165, 1.54) is 0 Å². The minimum atomic E-state index is 0.702.